The van der Waals surface area contributed by atoms with E-state index in [-0.39, 0.29) is 53.4 Å². The molecule has 1 amide bonds. The molecule has 0 spiro atoms. The van der Waals surface area contributed by atoms with Gasteiger partial charge in [-0.25, -0.2) is 4.79 Å². The largest absolute Gasteiger partial charge is 2.00 e. The van der Waals surface area contributed by atoms with Crippen LogP contribution in [0, 0.1) is 0 Å². The molecule has 0 aliphatic carbocycles. The van der Waals surface area contributed by atoms with Crippen LogP contribution in [0.4, 0.5) is 4.79 Å². The van der Waals surface area contributed by atoms with E-state index in [9.17, 15) is 4.79 Å². The van der Waals surface area contributed by atoms with Crippen molar-refractivity contribution in [2.75, 3.05) is 13.1 Å². The van der Waals surface area contributed by atoms with Crippen LogP contribution >= 0.6 is 0 Å². The molecule has 0 aromatic heterocycles. The zero-order valence-electron chi connectivity index (χ0n) is 6.80. The van der Waals surface area contributed by atoms with Gasteiger partial charge in [0.2, 0.25) is 0 Å². The monoisotopic (exact) mass is 351 g/mol. The van der Waals surface area contributed by atoms with Crippen molar-refractivity contribution in [1.29, 1.82) is 0 Å². The molecule has 1 N–H and O–H groups in total. The summed E-state index contributed by atoms with van der Waals surface area (Å²) in [5.74, 6) is 0. The first-order chi connectivity index (χ1) is 4.30. The van der Waals surface area contributed by atoms with Gasteiger partial charge in [0.1, 0.15) is 0 Å². The van der Waals surface area contributed by atoms with Gasteiger partial charge in [-0.05, 0) is 19.3 Å². The predicted octanol–water partition coefficient (Wildman–Crippen LogP) is -4.84. The molecule has 68 valence electrons. The third kappa shape index (κ3) is 6.38. The summed E-state index contributed by atoms with van der Waals surface area (Å²) in [6, 6.07) is 0. The Morgan fingerprint density at radius 3 is 1.75 bits per heavy atom. The maximum absolute atomic E-state index is 10.3. The van der Waals surface area contributed by atoms with Crippen molar-refractivity contribution in [2.24, 2.45) is 0 Å². The van der Waals surface area contributed by atoms with Gasteiger partial charge >= 0.3 is 25.6 Å². The normalized spacial score (nSPS) is 14.8. The molecule has 1 saturated heterocycles. The first kappa shape index (κ1) is 18.6. The topological polar surface area (TPSA) is 40.5 Å². The SMILES string of the molecule is O=C(O)N1CCCCC1.[Br-].[Br-].[Zn+2]. The van der Waals surface area contributed by atoms with Crippen LogP contribution in [-0.2, 0) is 19.5 Å². The van der Waals surface area contributed by atoms with Crippen LogP contribution < -0.4 is 34.0 Å². The molecule has 0 unspecified atom stereocenters. The molecule has 1 heterocycles. The fraction of sp³-hybridized carbons (Fsp3) is 0.833. The Hall–Kier alpha value is 0.853. The van der Waals surface area contributed by atoms with E-state index in [1.54, 1.807) is 0 Å². The van der Waals surface area contributed by atoms with E-state index in [2.05, 4.69) is 0 Å². The summed E-state index contributed by atoms with van der Waals surface area (Å²) in [5.41, 5.74) is 0. The van der Waals surface area contributed by atoms with Gasteiger partial charge in [-0.2, -0.15) is 0 Å². The zero-order valence-corrected chi connectivity index (χ0v) is 12.9. The van der Waals surface area contributed by atoms with Crippen molar-refractivity contribution in [3.63, 3.8) is 0 Å². The Bertz CT molecular complexity index is 120. The second-order valence-electron chi connectivity index (χ2n) is 2.33. The van der Waals surface area contributed by atoms with E-state index < -0.39 is 6.09 Å². The molecule has 1 fully saturated rings. The smallest absolute Gasteiger partial charge is 1.00 e. The third-order valence-electron chi connectivity index (χ3n) is 1.63. The van der Waals surface area contributed by atoms with Crippen LogP contribution in [0.25, 0.3) is 0 Å². The molecule has 1 aliphatic rings. The van der Waals surface area contributed by atoms with Crippen LogP contribution in [0.15, 0.2) is 0 Å². The maximum Gasteiger partial charge on any atom is 2.00 e. The van der Waals surface area contributed by atoms with Gasteiger partial charge in [0, 0.05) is 13.1 Å². The van der Waals surface area contributed by atoms with E-state index in [0.717, 1.165) is 25.9 Å². The van der Waals surface area contributed by atoms with Gasteiger partial charge in [0.05, 0.1) is 0 Å². The average Bonchev–Trinajstić information content (AvgIpc) is 1.90. The van der Waals surface area contributed by atoms with E-state index in [4.69, 9.17) is 5.11 Å². The summed E-state index contributed by atoms with van der Waals surface area (Å²) in [6.07, 6.45) is 2.48. The molecule has 1 aliphatic heterocycles. The number of rotatable bonds is 0. The Morgan fingerprint density at radius 1 is 1.08 bits per heavy atom. The van der Waals surface area contributed by atoms with E-state index in [1.165, 1.54) is 11.3 Å². The molecule has 0 atom stereocenters. The number of carbonyl (C=O) groups is 1. The van der Waals surface area contributed by atoms with E-state index >= 15 is 0 Å². The molecule has 1 rings (SSSR count). The number of halogens is 2. The summed E-state index contributed by atoms with van der Waals surface area (Å²) in [4.78, 5) is 11.8. The maximum atomic E-state index is 10.3. The number of hydrogen-bond donors (Lipinski definition) is 1. The van der Waals surface area contributed by atoms with Gasteiger partial charge in [0.15, 0.2) is 0 Å². The van der Waals surface area contributed by atoms with Crippen LogP contribution in [0.5, 0.6) is 0 Å². The fourth-order valence-electron chi connectivity index (χ4n) is 1.09. The van der Waals surface area contributed by atoms with Gasteiger partial charge in [-0.15, -0.1) is 0 Å². The molecule has 12 heavy (non-hydrogen) atoms. The second kappa shape index (κ2) is 9.94. The quantitative estimate of drug-likeness (QED) is 0.444. The van der Waals surface area contributed by atoms with Crippen molar-refractivity contribution >= 4 is 6.09 Å². The Balaban J connectivity index is -0.000000270. The molecule has 0 aromatic carbocycles. The molecular formula is C6H11Br2NO2Zn. The summed E-state index contributed by atoms with van der Waals surface area (Å²) >= 11 is 0. The predicted molar refractivity (Wildman–Crippen MR) is 33.4 cm³/mol. The fourth-order valence-corrected chi connectivity index (χ4v) is 1.09. The molecule has 0 saturated carbocycles. The van der Waals surface area contributed by atoms with Crippen molar-refractivity contribution in [3.05, 3.63) is 0 Å². The van der Waals surface area contributed by atoms with Crippen LogP contribution in [0.1, 0.15) is 19.3 Å². The number of carboxylic acid groups (broad SMARTS) is 1. The van der Waals surface area contributed by atoms with Gasteiger partial charge in [-0.3, -0.25) is 0 Å². The third-order valence-corrected chi connectivity index (χ3v) is 1.63. The number of amides is 1. The minimum absolute atomic E-state index is 0. The second-order valence-corrected chi connectivity index (χ2v) is 2.33. The van der Waals surface area contributed by atoms with Crippen LogP contribution in [-0.4, -0.2) is 29.2 Å². The summed E-state index contributed by atoms with van der Waals surface area (Å²) in [7, 11) is 0. The number of nitrogens with zero attached hydrogens (tertiary/aromatic N) is 1. The number of piperidine rings is 1. The van der Waals surface area contributed by atoms with Crippen molar-refractivity contribution in [2.45, 2.75) is 19.3 Å². The van der Waals surface area contributed by atoms with Crippen molar-refractivity contribution < 1.29 is 63.3 Å². The Morgan fingerprint density at radius 2 is 1.50 bits per heavy atom. The molecule has 0 aromatic rings. The van der Waals surface area contributed by atoms with E-state index in [0.29, 0.717) is 0 Å². The van der Waals surface area contributed by atoms with Gasteiger partial charge in [-0.1, -0.05) is 0 Å². The summed E-state index contributed by atoms with van der Waals surface area (Å²) in [5, 5.41) is 8.46. The summed E-state index contributed by atoms with van der Waals surface area (Å²) < 4.78 is 0. The van der Waals surface area contributed by atoms with Crippen LogP contribution in [0.2, 0.25) is 0 Å². The summed E-state index contributed by atoms with van der Waals surface area (Å²) in [6.45, 7) is 1.46. The van der Waals surface area contributed by atoms with Gasteiger partial charge < -0.3 is 44.0 Å². The number of likely N-dealkylation sites (tertiary alicyclic amines) is 1. The molecular weight excluding hydrogens is 343 g/mol. The van der Waals surface area contributed by atoms with E-state index in [1.807, 2.05) is 0 Å². The first-order valence-corrected chi connectivity index (χ1v) is 3.28. The Labute approximate surface area is 106 Å². The molecule has 3 nitrogen and oxygen atoms in total. The van der Waals surface area contributed by atoms with Crippen LogP contribution in [0.3, 0.4) is 0 Å². The molecule has 0 bridgehead atoms. The zero-order chi connectivity index (χ0) is 6.69. The number of hydrogen-bond acceptors (Lipinski definition) is 1. The molecule has 6 heteroatoms. The van der Waals surface area contributed by atoms with Crippen molar-refractivity contribution in [1.82, 2.24) is 4.90 Å². The Kier molecular flexibility index (Phi) is 15.4. The average molecular weight is 354 g/mol. The molecule has 0 radical (unpaired) electrons. The minimum atomic E-state index is -0.769. The van der Waals surface area contributed by atoms with Crippen molar-refractivity contribution in [3.8, 4) is 0 Å². The van der Waals surface area contributed by atoms with Gasteiger partial charge in [0.25, 0.3) is 0 Å². The standard InChI is InChI=1S/C6H11NO2.2BrH.Zn/c8-6(9)7-4-2-1-3-5-7;;;/h1-5H2,(H,8,9);2*1H;/q;;;+2/p-2. The first-order valence-electron chi connectivity index (χ1n) is 3.28. The minimum Gasteiger partial charge on any atom is -1.00 e.